The minimum atomic E-state index is -0.726. The summed E-state index contributed by atoms with van der Waals surface area (Å²) in [5.74, 6) is -0.212. The van der Waals surface area contributed by atoms with Gasteiger partial charge in [0, 0.05) is 26.1 Å². The fraction of sp³-hybridized carbons (Fsp3) is 0.867. The summed E-state index contributed by atoms with van der Waals surface area (Å²) in [6.45, 7) is 5.34. The first-order valence-corrected chi connectivity index (χ1v) is 7.79. The van der Waals surface area contributed by atoms with Crippen molar-refractivity contribution in [3.63, 3.8) is 0 Å². The number of amides is 1. The number of carboxylic acid groups (broad SMARTS) is 1. The number of carboxylic acids is 1. The zero-order valence-corrected chi connectivity index (χ0v) is 12.4. The third kappa shape index (κ3) is 3.32. The van der Waals surface area contributed by atoms with E-state index in [-0.39, 0.29) is 23.7 Å². The molecule has 1 unspecified atom stereocenters. The van der Waals surface area contributed by atoms with Gasteiger partial charge in [0.15, 0.2) is 0 Å². The molecule has 0 radical (unpaired) electrons. The Labute approximate surface area is 120 Å². The van der Waals surface area contributed by atoms with Gasteiger partial charge in [-0.15, -0.1) is 0 Å². The standard InChI is InChI=1S/C15H26N2O3/c1-2-15(6-3-7-16-11-15)14(20)17-8-4-12(5-9-17)10-13(18)19/h12,16H,2-11H2,1H3,(H,18,19). The second kappa shape index (κ2) is 6.57. The van der Waals surface area contributed by atoms with Crippen molar-refractivity contribution >= 4 is 11.9 Å². The molecule has 1 atom stereocenters. The number of aliphatic carboxylic acids is 1. The summed E-state index contributed by atoms with van der Waals surface area (Å²) in [6.07, 6.45) is 4.81. The second-order valence-corrected chi connectivity index (χ2v) is 6.25. The molecule has 20 heavy (non-hydrogen) atoms. The van der Waals surface area contributed by atoms with Crippen LogP contribution in [0.5, 0.6) is 0 Å². The van der Waals surface area contributed by atoms with Crippen LogP contribution in [0.15, 0.2) is 0 Å². The van der Waals surface area contributed by atoms with Gasteiger partial charge in [0.2, 0.25) is 5.91 Å². The molecule has 2 aliphatic heterocycles. The van der Waals surface area contributed by atoms with Crippen molar-refractivity contribution in [3.05, 3.63) is 0 Å². The maximum atomic E-state index is 12.8. The number of rotatable bonds is 4. The van der Waals surface area contributed by atoms with Crippen LogP contribution in [-0.2, 0) is 9.59 Å². The van der Waals surface area contributed by atoms with Crippen LogP contribution in [0.1, 0.15) is 45.4 Å². The van der Waals surface area contributed by atoms with Gasteiger partial charge in [0.05, 0.1) is 5.41 Å². The van der Waals surface area contributed by atoms with E-state index in [0.29, 0.717) is 0 Å². The summed E-state index contributed by atoms with van der Waals surface area (Å²) in [6, 6.07) is 0. The molecule has 0 saturated carbocycles. The molecular weight excluding hydrogens is 256 g/mol. The molecule has 0 aromatic rings. The van der Waals surface area contributed by atoms with Crippen molar-refractivity contribution in [3.8, 4) is 0 Å². The molecule has 2 heterocycles. The largest absolute Gasteiger partial charge is 0.481 e. The molecule has 2 fully saturated rings. The van der Waals surface area contributed by atoms with Gasteiger partial charge in [-0.05, 0) is 44.6 Å². The molecular formula is C15H26N2O3. The van der Waals surface area contributed by atoms with Gasteiger partial charge in [0.1, 0.15) is 0 Å². The van der Waals surface area contributed by atoms with Crippen LogP contribution in [0.4, 0.5) is 0 Å². The molecule has 5 nitrogen and oxygen atoms in total. The summed E-state index contributed by atoms with van der Waals surface area (Å²) in [5, 5.41) is 12.2. The topological polar surface area (TPSA) is 69.6 Å². The molecule has 1 amide bonds. The molecule has 0 spiro atoms. The van der Waals surface area contributed by atoms with Gasteiger partial charge in [-0.3, -0.25) is 9.59 Å². The van der Waals surface area contributed by atoms with Crippen LogP contribution in [0.25, 0.3) is 0 Å². The quantitative estimate of drug-likeness (QED) is 0.819. The van der Waals surface area contributed by atoms with Gasteiger partial charge in [-0.2, -0.15) is 0 Å². The van der Waals surface area contributed by atoms with Crippen LogP contribution in [0, 0.1) is 11.3 Å². The van der Waals surface area contributed by atoms with Gasteiger partial charge in [0.25, 0.3) is 0 Å². The number of nitrogens with one attached hydrogen (secondary N) is 1. The van der Waals surface area contributed by atoms with E-state index in [1.54, 1.807) is 0 Å². The number of carbonyl (C=O) groups excluding carboxylic acids is 1. The Balaban J connectivity index is 1.92. The third-order valence-corrected chi connectivity index (χ3v) is 4.97. The van der Waals surface area contributed by atoms with Crippen LogP contribution in [0.3, 0.4) is 0 Å². The number of nitrogens with zero attached hydrogens (tertiary/aromatic N) is 1. The van der Waals surface area contributed by atoms with E-state index in [0.717, 1.165) is 58.3 Å². The highest BCUT2D eigenvalue weighted by Gasteiger charge is 2.41. The highest BCUT2D eigenvalue weighted by atomic mass is 16.4. The van der Waals surface area contributed by atoms with Gasteiger partial charge in [-0.25, -0.2) is 0 Å². The van der Waals surface area contributed by atoms with E-state index in [1.165, 1.54) is 0 Å². The maximum Gasteiger partial charge on any atom is 0.303 e. The van der Waals surface area contributed by atoms with Crippen molar-refractivity contribution in [1.82, 2.24) is 10.2 Å². The Morgan fingerprint density at radius 2 is 2.05 bits per heavy atom. The molecule has 0 aromatic carbocycles. The normalized spacial score (nSPS) is 28.4. The van der Waals surface area contributed by atoms with E-state index in [1.807, 2.05) is 4.90 Å². The lowest BCUT2D eigenvalue weighted by molar-refractivity contribution is -0.145. The van der Waals surface area contributed by atoms with Crippen molar-refractivity contribution in [2.24, 2.45) is 11.3 Å². The third-order valence-electron chi connectivity index (χ3n) is 4.97. The molecule has 0 bridgehead atoms. The molecule has 2 saturated heterocycles. The van der Waals surface area contributed by atoms with Crippen molar-refractivity contribution < 1.29 is 14.7 Å². The van der Waals surface area contributed by atoms with Crippen LogP contribution in [-0.4, -0.2) is 48.1 Å². The summed E-state index contributed by atoms with van der Waals surface area (Å²) in [4.78, 5) is 25.5. The van der Waals surface area contributed by atoms with Gasteiger partial charge in [-0.1, -0.05) is 6.92 Å². The smallest absolute Gasteiger partial charge is 0.303 e. The van der Waals surface area contributed by atoms with E-state index in [4.69, 9.17) is 5.11 Å². The summed E-state index contributed by atoms with van der Waals surface area (Å²) < 4.78 is 0. The Bertz CT molecular complexity index is 356. The van der Waals surface area contributed by atoms with Gasteiger partial charge >= 0.3 is 5.97 Å². The number of hydrogen-bond donors (Lipinski definition) is 2. The Kier molecular flexibility index (Phi) is 5.02. The van der Waals surface area contributed by atoms with E-state index in [9.17, 15) is 9.59 Å². The monoisotopic (exact) mass is 282 g/mol. The predicted molar refractivity (Wildman–Crippen MR) is 76.4 cm³/mol. The van der Waals surface area contributed by atoms with Crippen LogP contribution in [0.2, 0.25) is 0 Å². The minimum absolute atomic E-state index is 0.224. The first-order valence-electron chi connectivity index (χ1n) is 7.79. The number of likely N-dealkylation sites (tertiary alicyclic amines) is 1. The lowest BCUT2D eigenvalue weighted by Gasteiger charge is -2.41. The van der Waals surface area contributed by atoms with Crippen molar-refractivity contribution in [2.75, 3.05) is 26.2 Å². The number of piperidine rings is 2. The minimum Gasteiger partial charge on any atom is -0.481 e. The van der Waals surface area contributed by atoms with E-state index >= 15 is 0 Å². The molecule has 2 N–H and O–H groups in total. The molecule has 5 heteroatoms. The first-order chi connectivity index (χ1) is 9.57. The summed E-state index contributed by atoms with van der Waals surface area (Å²) in [7, 11) is 0. The average molecular weight is 282 g/mol. The highest BCUT2D eigenvalue weighted by molar-refractivity contribution is 5.83. The SMILES string of the molecule is CCC1(C(=O)N2CCC(CC(=O)O)CC2)CCCNC1. The predicted octanol–water partition coefficient (Wildman–Crippen LogP) is 1.48. The second-order valence-electron chi connectivity index (χ2n) is 6.25. The van der Waals surface area contributed by atoms with Crippen LogP contribution < -0.4 is 5.32 Å². The molecule has 2 rings (SSSR count). The summed E-state index contributed by atoms with van der Waals surface area (Å²) in [5.41, 5.74) is -0.224. The fourth-order valence-corrected chi connectivity index (χ4v) is 3.53. The Hall–Kier alpha value is -1.10. The number of hydrogen-bond acceptors (Lipinski definition) is 3. The zero-order valence-electron chi connectivity index (χ0n) is 12.4. The summed E-state index contributed by atoms with van der Waals surface area (Å²) >= 11 is 0. The van der Waals surface area contributed by atoms with E-state index in [2.05, 4.69) is 12.2 Å². The van der Waals surface area contributed by atoms with Crippen molar-refractivity contribution in [1.29, 1.82) is 0 Å². The fourth-order valence-electron chi connectivity index (χ4n) is 3.53. The van der Waals surface area contributed by atoms with Crippen molar-refractivity contribution in [2.45, 2.75) is 45.4 Å². The maximum absolute atomic E-state index is 12.8. The van der Waals surface area contributed by atoms with Crippen LogP contribution >= 0.6 is 0 Å². The Morgan fingerprint density at radius 3 is 2.55 bits per heavy atom. The first kappa shape index (κ1) is 15.3. The highest BCUT2D eigenvalue weighted by Crippen LogP contribution is 2.34. The van der Waals surface area contributed by atoms with E-state index < -0.39 is 5.97 Å². The molecule has 0 aromatic heterocycles. The number of carbonyl (C=O) groups is 2. The molecule has 0 aliphatic carbocycles. The average Bonchev–Trinajstić information content (AvgIpc) is 2.47. The van der Waals surface area contributed by atoms with Gasteiger partial charge < -0.3 is 15.3 Å². The molecule has 114 valence electrons. The molecule has 2 aliphatic rings. The Morgan fingerprint density at radius 1 is 1.35 bits per heavy atom. The lowest BCUT2D eigenvalue weighted by Crippen LogP contribution is -2.53. The zero-order chi connectivity index (χ0) is 14.6. The lowest BCUT2D eigenvalue weighted by atomic mass is 9.76.